The number of fused-ring (bicyclic) bond motifs is 2. The van der Waals surface area contributed by atoms with Gasteiger partial charge in [0.1, 0.15) is 5.69 Å². The Kier molecular flexibility index (Phi) is 4.63. The number of carbonyl (C=O) groups excluding carboxylic acids is 1. The van der Waals surface area contributed by atoms with Gasteiger partial charge in [0.25, 0.3) is 5.91 Å². The van der Waals surface area contributed by atoms with Gasteiger partial charge in [0, 0.05) is 24.7 Å². The second kappa shape index (κ2) is 7.43. The van der Waals surface area contributed by atoms with E-state index in [2.05, 4.69) is 47.4 Å². The summed E-state index contributed by atoms with van der Waals surface area (Å²) in [6.45, 7) is 1.23. The molecule has 32 heavy (non-hydrogen) atoms. The third kappa shape index (κ3) is 3.16. The maximum Gasteiger partial charge on any atom is 0.274 e. The Bertz CT molecular complexity index is 1220. The van der Waals surface area contributed by atoms with Crippen molar-refractivity contribution in [2.75, 3.05) is 13.1 Å². The second-order valence-corrected chi connectivity index (χ2v) is 9.88. The summed E-state index contributed by atoms with van der Waals surface area (Å²) in [5.41, 5.74) is 6.16. The summed E-state index contributed by atoms with van der Waals surface area (Å²) in [6.07, 6.45) is 5.10. The molecule has 1 spiro atoms. The highest BCUT2D eigenvalue weighted by molar-refractivity contribution is 6.33. The van der Waals surface area contributed by atoms with Crippen LogP contribution < -0.4 is 0 Å². The molecule has 6 rings (SSSR count). The van der Waals surface area contributed by atoms with Crippen LogP contribution in [0, 0.1) is 0 Å². The van der Waals surface area contributed by atoms with Crippen molar-refractivity contribution in [1.29, 1.82) is 0 Å². The average molecular weight is 445 g/mol. The standard InChI is InChI=1S/C27H25ClN2O2/c28-23-6-3-12-29-25(23)26(32)30-13-11-27(16-30)15-24(31)21-14-18(9-10-22(21)27)20-5-2-1-4-19(20)17-7-8-17/h1-6,9-10,12,14,17,24,31H,7-8,11,13,15-16H2. The molecule has 3 aliphatic rings. The number of aromatic nitrogens is 1. The van der Waals surface area contributed by atoms with Crippen LogP contribution >= 0.6 is 11.6 Å². The monoisotopic (exact) mass is 444 g/mol. The molecule has 5 heteroatoms. The van der Waals surface area contributed by atoms with Crippen LogP contribution in [-0.2, 0) is 5.41 Å². The topological polar surface area (TPSA) is 53.4 Å². The first-order valence-electron chi connectivity index (χ1n) is 11.4. The largest absolute Gasteiger partial charge is 0.388 e. The first kappa shape index (κ1) is 20.0. The molecule has 1 saturated carbocycles. The molecule has 3 aromatic rings. The molecule has 1 aliphatic heterocycles. The van der Waals surface area contributed by atoms with Crippen molar-refractivity contribution in [2.45, 2.75) is 43.1 Å². The Morgan fingerprint density at radius 2 is 1.94 bits per heavy atom. The Morgan fingerprint density at radius 3 is 2.75 bits per heavy atom. The molecule has 1 N–H and O–H groups in total. The van der Waals surface area contributed by atoms with E-state index in [1.165, 1.54) is 35.1 Å². The van der Waals surface area contributed by atoms with E-state index in [1.807, 2.05) is 4.90 Å². The van der Waals surface area contributed by atoms with Gasteiger partial charge in [-0.2, -0.15) is 0 Å². The molecule has 0 radical (unpaired) electrons. The van der Waals surface area contributed by atoms with Gasteiger partial charge in [0.2, 0.25) is 0 Å². The van der Waals surface area contributed by atoms with Crippen LogP contribution in [0.1, 0.15) is 64.9 Å². The fourth-order valence-electron chi connectivity index (χ4n) is 5.71. The van der Waals surface area contributed by atoms with Crippen molar-refractivity contribution >= 4 is 17.5 Å². The van der Waals surface area contributed by atoms with Crippen molar-refractivity contribution in [3.8, 4) is 11.1 Å². The van der Waals surface area contributed by atoms with Gasteiger partial charge < -0.3 is 10.0 Å². The number of amides is 1. The van der Waals surface area contributed by atoms with E-state index >= 15 is 0 Å². The Morgan fingerprint density at radius 1 is 1.09 bits per heavy atom. The summed E-state index contributed by atoms with van der Waals surface area (Å²) in [7, 11) is 0. The van der Waals surface area contributed by atoms with Gasteiger partial charge in [0.05, 0.1) is 11.1 Å². The Labute approximate surface area is 192 Å². The third-order valence-electron chi connectivity index (χ3n) is 7.46. The van der Waals surface area contributed by atoms with Crippen molar-refractivity contribution in [2.24, 2.45) is 0 Å². The molecule has 2 heterocycles. The number of carbonyl (C=O) groups is 1. The zero-order valence-electron chi connectivity index (χ0n) is 17.8. The van der Waals surface area contributed by atoms with Crippen molar-refractivity contribution in [3.05, 3.63) is 88.2 Å². The molecular weight excluding hydrogens is 420 g/mol. The van der Waals surface area contributed by atoms with E-state index in [9.17, 15) is 9.90 Å². The lowest BCUT2D eigenvalue weighted by atomic mass is 9.80. The predicted octanol–water partition coefficient (Wildman–Crippen LogP) is 5.50. The SMILES string of the molecule is O=C(c1ncccc1Cl)N1CCC2(CC(O)c3cc(-c4ccccc4C4CC4)ccc32)C1. The maximum absolute atomic E-state index is 13.1. The predicted molar refractivity (Wildman–Crippen MR) is 125 cm³/mol. The summed E-state index contributed by atoms with van der Waals surface area (Å²) >= 11 is 6.22. The van der Waals surface area contributed by atoms with Crippen molar-refractivity contribution < 1.29 is 9.90 Å². The number of benzene rings is 2. The molecule has 1 aromatic heterocycles. The van der Waals surface area contributed by atoms with Gasteiger partial charge in [0.15, 0.2) is 0 Å². The summed E-state index contributed by atoms with van der Waals surface area (Å²) in [6, 6.07) is 18.6. The number of aliphatic hydroxyl groups is 1. The molecule has 162 valence electrons. The summed E-state index contributed by atoms with van der Waals surface area (Å²) in [4.78, 5) is 19.1. The van der Waals surface area contributed by atoms with Gasteiger partial charge in [-0.1, -0.05) is 48.0 Å². The number of nitrogens with zero attached hydrogens (tertiary/aromatic N) is 2. The highest BCUT2D eigenvalue weighted by atomic mass is 35.5. The van der Waals surface area contributed by atoms with Gasteiger partial charge >= 0.3 is 0 Å². The highest BCUT2D eigenvalue weighted by Crippen LogP contribution is 2.52. The number of likely N-dealkylation sites (tertiary alicyclic amines) is 1. The summed E-state index contributed by atoms with van der Waals surface area (Å²) < 4.78 is 0. The molecule has 1 amide bonds. The number of hydrogen-bond donors (Lipinski definition) is 1. The first-order chi connectivity index (χ1) is 15.6. The summed E-state index contributed by atoms with van der Waals surface area (Å²) in [5, 5.41) is 11.4. The number of rotatable bonds is 3. The van der Waals surface area contributed by atoms with Crippen LogP contribution in [0.3, 0.4) is 0 Å². The zero-order chi connectivity index (χ0) is 21.9. The van der Waals surface area contributed by atoms with Crippen LogP contribution in [0.5, 0.6) is 0 Å². The number of halogens is 1. The minimum atomic E-state index is -0.508. The molecule has 0 bridgehead atoms. The summed E-state index contributed by atoms with van der Waals surface area (Å²) in [5.74, 6) is 0.536. The highest BCUT2D eigenvalue weighted by Gasteiger charge is 2.49. The van der Waals surface area contributed by atoms with Gasteiger partial charge in [-0.15, -0.1) is 0 Å². The molecule has 2 fully saturated rings. The van der Waals surface area contributed by atoms with Crippen molar-refractivity contribution in [1.82, 2.24) is 9.88 Å². The molecule has 4 nitrogen and oxygen atoms in total. The van der Waals surface area contributed by atoms with Crippen LogP contribution in [0.15, 0.2) is 60.8 Å². The van der Waals surface area contributed by atoms with Crippen molar-refractivity contribution in [3.63, 3.8) is 0 Å². The number of pyridine rings is 1. The fourth-order valence-corrected chi connectivity index (χ4v) is 5.92. The van der Waals surface area contributed by atoms with E-state index in [0.29, 0.717) is 36.1 Å². The van der Waals surface area contributed by atoms with Crippen LogP contribution in [0.2, 0.25) is 5.02 Å². The fraction of sp³-hybridized carbons (Fsp3) is 0.333. The van der Waals surface area contributed by atoms with E-state index < -0.39 is 6.10 Å². The van der Waals surface area contributed by atoms with Crippen LogP contribution in [0.25, 0.3) is 11.1 Å². The van der Waals surface area contributed by atoms with E-state index in [-0.39, 0.29) is 11.3 Å². The third-order valence-corrected chi connectivity index (χ3v) is 7.76. The number of aliphatic hydroxyl groups excluding tert-OH is 1. The lowest BCUT2D eigenvalue weighted by Gasteiger charge is -2.25. The first-order valence-corrected chi connectivity index (χ1v) is 11.8. The zero-order valence-corrected chi connectivity index (χ0v) is 18.6. The quantitative estimate of drug-likeness (QED) is 0.580. The van der Waals surface area contributed by atoms with Gasteiger partial charge in [-0.3, -0.25) is 4.79 Å². The molecule has 2 aliphatic carbocycles. The van der Waals surface area contributed by atoms with E-state index in [0.717, 1.165) is 12.0 Å². The number of hydrogen-bond acceptors (Lipinski definition) is 3. The Balaban J connectivity index is 1.32. The molecule has 1 saturated heterocycles. The van der Waals surface area contributed by atoms with Crippen LogP contribution in [0.4, 0.5) is 0 Å². The minimum Gasteiger partial charge on any atom is -0.388 e. The molecule has 2 atom stereocenters. The van der Waals surface area contributed by atoms with E-state index in [4.69, 9.17) is 11.6 Å². The molecule has 2 unspecified atom stereocenters. The Hall–Kier alpha value is -2.69. The van der Waals surface area contributed by atoms with Crippen LogP contribution in [-0.4, -0.2) is 34.0 Å². The normalized spacial score (nSPS) is 24.2. The smallest absolute Gasteiger partial charge is 0.274 e. The average Bonchev–Trinajstić information content (AvgIpc) is 3.52. The maximum atomic E-state index is 13.1. The lowest BCUT2D eigenvalue weighted by Crippen LogP contribution is -2.34. The lowest BCUT2D eigenvalue weighted by molar-refractivity contribution is 0.0771. The van der Waals surface area contributed by atoms with Gasteiger partial charge in [-0.25, -0.2) is 4.98 Å². The van der Waals surface area contributed by atoms with Gasteiger partial charge in [-0.05, 0) is 77.6 Å². The minimum absolute atomic E-state index is 0.134. The second-order valence-electron chi connectivity index (χ2n) is 9.47. The van der Waals surface area contributed by atoms with E-state index in [1.54, 1.807) is 18.3 Å². The molecule has 2 aromatic carbocycles. The molecular formula is C27H25ClN2O2.